The Labute approximate surface area is 103 Å². The molecule has 0 aromatic heterocycles. The van der Waals surface area contributed by atoms with E-state index in [-0.39, 0.29) is 18.4 Å². The SMILES string of the molecule is CS/C=C/C(=O)N1CCSCC1CC(=O)O. The number of carbonyl (C=O) groups excluding carboxylic acids is 1. The number of amides is 1. The van der Waals surface area contributed by atoms with Gasteiger partial charge in [0.25, 0.3) is 0 Å². The molecule has 0 aromatic rings. The van der Waals surface area contributed by atoms with Crippen molar-refractivity contribution in [3.05, 3.63) is 11.5 Å². The van der Waals surface area contributed by atoms with Crippen molar-refractivity contribution in [2.75, 3.05) is 24.3 Å². The van der Waals surface area contributed by atoms with Crippen molar-refractivity contribution in [3.8, 4) is 0 Å². The molecule has 1 rings (SSSR count). The number of carbonyl (C=O) groups is 2. The van der Waals surface area contributed by atoms with Gasteiger partial charge in [0.15, 0.2) is 0 Å². The average molecular weight is 261 g/mol. The normalized spacial score (nSPS) is 21.3. The highest BCUT2D eigenvalue weighted by atomic mass is 32.2. The minimum Gasteiger partial charge on any atom is -0.481 e. The fraction of sp³-hybridized carbons (Fsp3) is 0.600. The predicted octanol–water partition coefficient (Wildman–Crippen LogP) is 1.28. The highest BCUT2D eigenvalue weighted by molar-refractivity contribution is 8.01. The molecular weight excluding hydrogens is 246 g/mol. The number of carboxylic acid groups (broad SMARTS) is 1. The Bertz CT molecular complexity index is 294. The van der Waals surface area contributed by atoms with E-state index in [1.165, 1.54) is 17.8 Å². The molecular formula is C10H15NO3S2. The van der Waals surface area contributed by atoms with Crippen LogP contribution in [0.15, 0.2) is 11.5 Å². The van der Waals surface area contributed by atoms with Gasteiger partial charge in [0.05, 0.1) is 12.5 Å². The van der Waals surface area contributed by atoms with Gasteiger partial charge in [-0.2, -0.15) is 11.8 Å². The Hall–Kier alpha value is -0.620. The smallest absolute Gasteiger partial charge is 0.305 e. The summed E-state index contributed by atoms with van der Waals surface area (Å²) in [4.78, 5) is 24.1. The highest BCUT2D eigenvalue weighted by Gasteiger charge is 2.27. The largest absolute Gasteiger partial charge is 0.481 e. The van der Waals surface area contributed by atoms with Crippen LogP contribution < -0.4 is 0 Å². The van der Waals surface area contributed by atoms with E-state index in [1.807, 2.05) is 6.26 Å². The van der Waals surface area contributed by atoms with Gasteiger partial charge < -0.3 is 10.0 Å². The summed E-state index contributed by atoms with van der Waals surface area (Å²) < 4.78 is 0. The summed E-state index contributed by atoms with van der Waals surface area (Å²) in [5.74, 6) is 0.667. The summed E-state index contributed by atoms with van der Waals surface area (Å²) in [7, 11) is 0. The maximum atomic E-state index is 11.8. The summed E-state index contributed by atoms with van der Waals surface area (Å²) in [6.45, 7) is 0.639. The lowest BCUT2D eigenvalue weighted by molar-refractivity contribution is -0.139. The van der Waals surface area contributed by atoms with Crippen LogP contribution in [0, 0.1) is 0 Å². The molecule has 1 saturated heterocycles. The van der Waals surface area contributed by atoms with Crippen LogP contribution >= 0.6 is 23.5 Å². The van der Waals surface area contributed by atoms with Gasteiger partial charge in [-0.3, -0.25) is 9.59 Å². The molecule has 1 aliphatic heterocycles. The number of aliphatic carboxylic acids is 1. The first-order chi connectivity index (χ1) is 7.65. The number of thioether (sulfide) groups is 2. The van der Waals surface area contributed by atoms with E-state index in [4.69, 9.17) is 5.11 Å². The molecule has 90 valence electrons. The van der Waals surface area contributed by atoms with Crippen molar-refractivity contribution in [2.24, 2.45) is 0 Å². The van der Waals surface area contributed by atoms with Gasteiger partial charge in [-0.25, -0.2) is 0 Å². The molecule has 1 N–H and O–H groups in total. The van der Waals surface area contributed by atoms with Gasteiger partial charge in [0.1, 0.15) is 0 Å². The maximum Gasteiger partial charge on any atom is 0.305 e. The molecule has 0 aliphatic carbocycles. The summed E-state index contributed by atoms with van der Waals surface area (Å²) >= 11 is 3.16. The lowest BCUT2D eigenvalue weighted by Crippen LogP contribution is -2.46. The van der Waals surface area contributed by atoms with Crippen LogP contribution in [0.3, 0.4) is 0 Å². The van der Waals surface area contributed by atoms with Crippen molar-refractivity contribution in [1.29, 1.82) is 0 Å². The standard InChI is InChI=1S/C10H15NO3S2/c1-15-4-2-9(12)11-3-5-16-7-8(11)6-10(13)14/h2,4,8H,3,5-7H2,1H3,(H,13,14)/b4-2+. The fourth-order valence-electron chi connectivity index (χ4n) is 1.54. The molecule has 6 heteroatoms. The first-order valence-corrected chi connectivity index (χ1v) is 7.39. The summed E-state index contributed by atoms with van der Waals surface area (Å²) in [5, 5.41) is 10.5. The van der Waals surface area contributed by atoms with Crippen LogP contribution in [0.4, 0.5) is 0 Å². The Balaban J connectivity index is 2.62. The molecule has 0 aromatic carbocycles. The highest BCUT2D eigenvalue weighted by Crippen LogP contribution is 2.19. The molecule has 0 spiro atoms. The monoisotopic (exact) mass is 261 g/mol. The molecule has 0 bridgehead atoms. The van der Waals surface area contributed by atoms with Crippen LogP contribution in [-0.2, 0) is 9.59 Å². The zero-order valence-corrected chi connectivity index (χ0v) is 10.7. The minimum absolute atomic E-state index is 0.0336. The molecule has 1 aliphatic rings. The van der Waals surface area contributed by atoms with Gasteiger partial charge >= 0.3 is 5.97 Å². The van der Waals surface area contributed by atoms with Crippen LogP contribution in [0.25, 0.3) is 0 Å². The van der Waals surface area contributed by atoms with Crippen LogP contribution in [0.5, 0.6) is 0 Å². The molecule has 1 amide bonds. The van der Waals surface area contributed by atoms with Crippen LogP contribution in [-0.4, -0.2) is 52.2 Å². The summed E-state index contributed by atoms with van der Waals surface area (Å²) in [5.41, 5.74) is 0. The molecule has 1 atom stereocenters. The summed E-state index contributed by atoms with van der Waals surface area (Å²) in [6.07, 6.45) is 3.42. The third-order valence-corrected chi connectivity index (χ3v) is 3.77. The van der Waals surface area contributed by atoms with E-state index in [1.54, 1.807) is 22.1 Å². The molecule has 1 fully saturated rings. The summed E-state index contributed by atoms with van der Waals surface area (Å²) in [6, 6.07) is -0.171. The predicted molar refractivity (Wildman–Crippen MR) is 67.7 cm³/mol. The molecule has 4 nitrogen and oxygen atoms in total. The van der Waals surface area contributed by atoms with E-state index >= 15 is 0 Å². The number of hydrogen-bond donors (Lipinski definition) is 1. The molecule has 0 saturated carbocycles. The second kappa shape index (κ2) is 6.85. The fourth-order valence-corrected chi connectivity index (χ4v) is 2.85. The van der Waals surface area contributed by atoms with Crippen molar-refractivity contribution >= 4 is 35.4 Å². The number of nitrogens with zero attached hydrogens (tertiary/aromatic N) is 1. The zero-order chi connectivity index (χ0) is 12.0. The van der Waals surface area contributed by atoms with E-state index in [2.05, 4.69) is 0 Å². The van der Waals surface area contributed by atoms with E-state index in [9.17, 15) is 9.59 Å². The molecule has 16 heavy (non-hydrogen) atoms. The van der Waals surface area contributed by atoms with Gasteiger partial charge in [-0.05, 0) is 11.7 Å². The first kappa shape index (κ1) is 13.4. The van der Waals surface area contributed by atoms with Gasteiger partial charge in [-0.1, -0.05) is 0 Å². The third-order valence-electron chi connectivity index (χ3n) is 2.27. The van der Waals surface area contributed by atoms with Crippen molar-refractivity contribution in [2.45, 2.75) is 12.5 Å². The average Bonchev–Trinajstić information content (AvgIpc) is 2.26. The molecule has 1 unspecified atom stereocenters. The van der Waals surface area contributed by atoms with E-state index in [0.29, 0.717) is 12.3 Å². The van der Waals surface area contributed by atoms with E-state index in [0.717, 1.165) is 5.75 Å². The number of hydrogen-bond acceptors (Lipinski definition) is 4. The molecule has 1 heterocycles. The first-order valence-electron chi connectivity index (χ1n) is 4.94. The van der Waals surface area contributed by atoms with Gasteiger partial charge in [0, 0.05) is 24.1 Å². The number of rotatable bonds is 4. The molecule has 0 radical (unpaired) electrons. The quantitative estimate of drug-likeness (QED) is 0.773. The third kappa shape index (κ3) is 4.09. The Morgan fingerprint density at radius 1 is 1.62 bits per heavy atom. The van der Waals surface area contributed by atoms with E-state index < -0.39 is 5.97 Å². The Kier molecular flexibility index (Phi) is 5.76. The minimum atomic E-state index is -0.848. The second-order valence-corrected chi connectivity index (χ2v) is 5.29. The van der Waals surface area contributed by atoms with Crippen LogP contribution in [0.2, 0.25) is 0 Å². The van der Waals surface area contributed by atoms with Crippen molar-refractivity contribution in [1.82, 2.24) is 4.90 Å². The van der Waals surface area contributed by atoms with Gasteiger partial charge in [0.2, 0.25) is 5.91 Å². The van der Waals surface area contributed by atoms with Gasteiger partial charge in [-0.15, -0.1) is 11.8 Å². The van der Waals surface area contributed by atoms with Crippen LogP contribution in [0.1, 0.15) is 6.42 Å². The second-order valence-electron chi connectivity index (χ2n) is 3.40. The topological polar surface area (TPSA) is 57.6 Å². The lowest BCUT2D eigenvalue weighted by atomic mass is 10.2. The maximum absolute atomic E-state index is 11.8. The Morgan fingerprint density at radius 3 is 3.00 bits per heavy atom. The number of carboxylic acids is 1. The Morgan fingerprint density at radius 2 is 2.38 bits per heavy atom. The zero-order valence-electron chi connectivity index (χ0n) is 9.09. The van der Waals surface area contributed by atoms with Crippen molar-refractivity contribution < 1.29 is 14.7 Å². The van der Waals surface area contributed by atoms with Crippen molar-refractivity contribution in [3.63, 3.8) is 0 Å². The lowest BCUT2D eigenvalue weighted by Gasteiger charge is -2.33.